The number of benzene rings is 1. The van der Waals surface area contributed by atoms with Crippen LogP contribution in [-0.4, -0.2) is 61.0 Å². The van der Waals surface area contributed by atoms with Crippen LogP contribution in [0.25, 0.3) is 6.08 Å². The van der Waals surface area contributed by atoms with E-state index in [0.717, 1.165) is 50.8 Å². The SMILES string of the molecule is COc1cc(/C=C/C(=O)N2CCCCC2C(=O)N2CCCC2)ccc1OCC(C)C. The molecule has 6 nitrogen and oxygen atoms in total. The monoisotopic (exact) mass is 414 g/mol. The second-order valence-corrected chi connectivity index (χ2v) is 8.52. The third-order valence-corrected chi connectivity index (χ3v) is 5.67. The molecule has 2 amide bonds. The summed E-state index contributed by atoms with van der Waals surface area (Å²) < 4.78 is 11.2. The first kappa shape index (κ1) is 22.2. The molecule has 3 rings (SSSR count). The van der Waals surface area contributed by atoms with Crippen molar-refractivity contribution in [2.24, 2.45) is 5.92 Å². The summed E-state index contributed by atoms with van der Waals surface area (Å²) in [6, 6.07) is 5.31. The van der Waals surface area contributed by atoms with E-state index in [-0.39, 0.29) is 17.9 Å². The lowest BCUT2D eigenvalue weighted by atomic mass is 10.0. The molecule has 2 saturated heterocycles. The van der Waals surface area contributed by atoms with E-state index in [4.69, 9.17) is 9.47 Å². The van der Waals surface area contributed by atoms with Gasteiger partial charge in [0.1, 0.15) is 6.04 Å². The van der Waals surface area contributed by atoms with Crippen molar-refractivity contribution in [1.82, 2.24) is 9.80 Å². The minimum absolute atomic E-state index is 0.105. The van der Waals surface area contributed by atoms with E-state index in [1.807, 2.05) is 23.1 Å². The summed E-state index contributed by atoms with van der Waals surface area (Å²) >= 11 is 0. The standard InChI is InChI=1S/C24H34N2O4/c1-18(2)17-30-21-11-9-19(16-22(21)29-3)10-12-23(27)26-15-5-4-8-20(26)24(28)25-13-6-7-14-25/h9-12,16,18,20H,4-8,13-15,17H2,1-3H3/b12-10+. The molecule has 0 radical (unpaired) electrons. The largest absolute Gasteiger partial charge is 0.493 e. The maximum Gasteiger partial charge on any atom is 0.247 e. The predicted molar refractivity (Wildman–Crippen MR) is 118 cm³/mol. The van der Waals surface area contributed by atoms with Gasteiger partial charge in [-0.15, -0.1) is 0 Å². The van der Waals surface area contributed by atoms with Gasteiger partial charge in [0.2, 0.25) is 11.8 Å². The highest BCUT2D eigenvalue weighted by Gasteiger charge is 2.34. The van der Waals surface area contributed by atoms with E-state index in [2.05, 4.69) is 13.8 Å². The Morgan fingerprint density at radius 2 is 1.83 bits per heavy atom. The Bertz CT molecular complexity index is 768. The van der Waals surface area contributed by atoms with Crippen molar-refractivity contribution < 1.29 is 19.1 Å². The van der Waals surface area contributed by atoms with Gasteiger partial charge in [-0.3, -0.25) is 9.59 Å². The van der Waals surface area contributed by atoms with Gasteiger partial charge in [0.05, 0.1) is 13.7 Å². The van der Waals surface area contributed by atoms with Gasteiger partial charge >= 0.3 is 0 Å². The van der Waals surface area contributed by atoms with Gasteiger partial charge in [-0.25, -0.2) is 0 Å². The molecule has 1 aromatic rings. The minimum atomic E-state index is -0.324. The molecular weight excluding hydrogens is 380 g/mol. The first-order valence-corrected chi connectivity index (χ1v) is 11.1. The molecule has 0 saturated carbocycles. The van der Waals surface area contributed by atoms with Crippen LogP contribution in [0.4, 0.5) is 0 Å². The summed E-state index contributed by atoms with van der Waals surface area (Å²) in [5, 5.41) is 0. The molecule has 2 aliphatic rings. The topological polar surface area (TPSA) is 59.1 Å². The van der Waals surface area contributed by atoms with E-state index in [0.29, 0.717) is 30.6 Å². The van der Waals surface area contributed by atoms with E-state index in [9.17, 15) is 9.59 Å². The lowest BCUT2D eigenvalue weighted by Crippen LogP contribution is -2.52. The van der Waals surface area contributed by atoms with E-state index in [1.165, 1.54) is 0 Å². The molecule has 2 fully saturated rings. The van der Waals surface area contributed by atoms with Crippen LogP contribution in [0.15, 0.2) is 24.3 Å². The molecule has 0 aliphatic carbocycles. The van der Waals surface area contributed by atoms with Crippen molar-refractivity contribution in [2.45, 2.75) is 52.0 Å². The summed E-state index contributed by atoms with van der Waals surface area (Å²) in [4.78, 5) is 29.5. The number of hydrogen-bond acceptors (Lipinski definition) is 4. The first-order valence-electron chi connectivity index (χ1n) is 11.1. The summed E-state index contributed by atoms with van der Waals surface area (Å²) in [6.45, 7) is 7.08. The number of likely N-dealkylation sites (tertiary alicyclic amines) is 2. The molecular formula is C24H34N2O4. The molecule has 1 unspecified atom stereocenters. The second kappa shape index (κ2) is 10.5. The van der Waals surface area contributed by atoms with Crippen LogP contribution < -0.4 is 9.47 Å². The van der Waals surface area contributed by atoms with Crippen LogP contribution in [-0.2, 0) is 9.59 Å². The molecule has 0 bridgehead atoms. The van der Waals surface area contributed by atoms with E-state index in [1.54, 1.807) is 24.2 Å². The zero-order chi connectivity index (χ0) is 21.5. The molecule has 0 N–H and O–H groups in total. The Hall–Kier alpha value is -2.50. The lowest BCUT2D eigenvalue weighted by molar-refractivity contribution is -0.144. The molecule has 1 atom stereocenters. The van der Waals surface area contributed by atoms with E-state index < -0.39 is 0 Å². The van der Waals surface area contributed by atoms with Crippen molar-refractivity contribution in [2.75, 3.05) is 33.4 Å². The van der Waals surface area contributed by atoms with Crippen molar-refractivity contribution in [1.29, 1.82) is 0 Å². The van der Waals surface area contributed by atoms with Crippen LogP contribution in [0.5, 0.6) is 11.5 Å². The summed E-state index contributed by atoms with van der Waals surface area (Å²) in [5.41, 5.74) is 0.858. The normalized spacial score (nSPS) is 19.5. The summed E-state index contributed by atoms with van der Waals surface area (Å²) in [5.74, 6) is 1.77. The second-order valence-electron chi connectivity index (χ2n) is 8.52. The zero-order valence-electron chi connectivity index (χ0n) is 18.4. The fraction of sp³-hybridized carbons (Fsp3) is 0.583. The predicted octanol–water partition coefficient (Wildman–Crippen LogP) is 3.75. The quantitative estimate of drug-likeness (QED) is 0.638. The van der Waals surface area contributed by atoms with Gasteiger partial charge in [0, 0.05) is 25.7 Å². The average Bonchev–Trinajstić information content (AvgIpc) is 3.30. The molecule has 0 spiro atoms. The third-order valence-electron chi connectivity index (χ3n) is 5.67. The molecule has 2 heterocycles. The van der Waals surface area contributed by atoms with Crippen LogP contribution in [0, 0.1) is 5.92 Å². The Balaban J connectivity index is 1.68. The molecule has 6 heteroatoms. The number of hydrogen-bond donors (Lipinski definition) is 0. The highest BCUT2D eigenvalue weighted by molar-refractivity contribution is 5.95. The van der Waals surface area contributed by atoms with Gasteiger partial charge in [-0.05, 0) is 61.8 Å². The minimum Gasteiger partial charge on any atom is -0.493 e. The average molecular weight is 415 g/mol. The number of amides is 2. The maximum atomic E-state index is 12.9. The Labute approximate surface area is 179 Å². The zero-order valence-corrected chi connectivity index (χ0v) is 18.4. The highest BCUT2D eigenvalue weighted by Crippen LogP contribution is 2.29. The number of nitrogens with zero attached hydrogens (tertiary/aromatic N) is 2. The maximum absolute atomic E-state index is 12.9. The van der Waals surface area contributed by atoms with Gasteiger partial charge < -0.3 is 19.3 Å². The van der Waals surface area contributed by atoms with Gasteiger partial charge in [0.15, 0.2) is 11.5 Å². The fourth-order valence-corrected chi connectivity index (χ4v) is 4.03. The van der Waals surface area contributed by atoms with Gasteiger partial charge in [-0.2, -0.15) is 0 Å². The van der Waals surface area contributed by atoms with Crippen molar-refractivity contribution in [3.8, 4) is 11.5 Å². The summed E-state index contributed by atoms with van der Waals surface area (Å²) in [6.07, 6.45) is 8.16. The molecule has 1 aromatic carbocycles. The van der Waals surface area contributed by atoms with Crippen LogP contribution in [0.2, 0.25) is 0 Å². The molecule has 30 heavy (non-hydrogen) atoms. The number of piperidine rings is 1. The Morgan fingerprint density at radius 3 is 2.53 bits per heavy atom. The number of carbonyl (C=O) groups excluding carboxylic acids is 2. The number of ether oxygens (including phenoxy) is 2. The van der Waals surface area contributed by atoms with Gasteiger partial charge in [-0.1, -0.05) is 19.9 Å². The van der Waals surface area contributed by atoms with Crippen molar-refractivity contribution in [3.63, 3.8) is 0 Å². The molecule has 164 valence electrons. The lowest BCUT2D eigenvalue weighted by Gasteiger charge is -2.36. The van der Waals surface area contributed by atoms with Crippen LogP contribution >= 0.6 is 0 Å². The third kappa shape index (κ3) is 5.55. The Morgan fingerprint density at radius 1 is 1.10 bits per heavy atom. The first-order chi connectivity index (χ1) is 14.5. The fourth-order valence-electron chi connectivity index (χ4n) is 4.03. The Kier molecular flexibility index (Phi) is 7.77. The number of carbonyl (C=O) groups is 2. The van der Waals surface area contributed by atoms with Crippen molar-refractivity contribution >= 4 is 17.9 Å². The van der Waals surface area contributed by atoms with E-state index >= 15 is 0 Å². The van der Waals surface area contributed by atoms with Crippen LogP contribution in [0.3, 0.4) is 0 Å². The number of methoxy groups -OCH3 is 1. The van der Waals surface area contributed by atoms with Crippen molar-refractivity contribution in [3.05, 3.63) is 29.8 Å². The number of rotatable bonds is 7. The van der Waals surface area contributed by atoms with Gasteiger partial charge in [0.25, 0.3) is 0 Å². The summed E-state index contributed by atoms with van der Waals surface area (Å²) in [7, 11) is 1.61. The molecule has 0 aromatic heterocycles. The molecule has 2 aliphatic heterocycles. The smallest absolute Gasteiger partial charge is 0.247 e. The highest BCUT2D eigenvalue weighted by atomic mass is 16.5. The van der Waals surface area contributed by atoms with Crippen LogP contribution in [0.1, 0.15) is 51.5 Å².